The van der Waals surface area contributed by atoms with Crippen LogP contribution >= 0.6 is 0 Å². The minimum Gasteiger partial charge on any atom is -0.369 e. The van der Waals surface area contributed by atoms with Crippen LogP contribution in [0.2, 0.25) is 0 Å². The second-order valence-electron chi connectivity index (χ2n) is 6.20. The molecule has 2 aliphatic carbocycles. The van der Waals surface area contributed by atoms with Crippen LogP contribution < -0.4 is 10.2 Å². The molecule has 110 valence electrons. The summed E-state index contributed by atoms with van der Waals surface area (Å²) in [6, 6.07) is 6.80. The van der Waals surface area contributed by atoms with Crippen molar-refractivity contribution >= 4 is 5.69 Å². The maximum atomic E-state index is 13.9. The molecular weight excluding hydrogens is 251 g/mol. The first-order valence-corrected chi connectivity index (χ1v) is 8.05. The third-order valence-electron chi connectivity index (χ3n) is 4.55. The van der Waals surface area contributed by atoms with Crippen LogP contribution in [0, 0.1) is 5.82 Å². The fourth-order valence-electron chi connectivity index (χ4n) is 3.32. The largest absolute Gasteiger partial charge is 0.369 e. The fraction of sp³-hybridized carbons (Fsp3) is 0.647. The van der Waals surface area contributed by atoms with E-state index in [0.717, 1.165) is 24.3 Å². The zero-order valence-electron chi connectivity index (χ0n) is 12.4. The molecule has 1 aromatic carbocycles. The molecule has 0 radical (unpaired) electrons. The van der Waals surface area contributed by atoms with Crippen molar-refractivity contribution in [3.8, 4) is 0 Å². The number of halogens is 1. The first-order valence-electron chi connectivity index (χ1n) is 8.05. The minimum atomic E-state index is -0.105. The molecule has 3 heteroatoms. The zero-order chi connectivity index (χ0) is 13.9. The number of anilines is 1. The van der Waals surface area contributed by atoms with E-state index in [1.54, 1.807) is 12.1 Å². The van der Waals surface area contributed by atoms with Crippen LogP contribution in [0.4, 0.5) is 10.1 Å². The summed E-state index contributed by atoms with van der Waals surface area (Å²) in [6.07, 6.45) is 7.66. The Balaban J connectivity index is 1.75. The topological polar surface area (TPSA) is 15.3 Å². The molecule has 0 bridgehead atoms. The van der Waals surface area contributed by atoms with E-state index in [4.69, 9.17) is 0 Å². The average Bonchev–Trinajstić information content (AvgIpc) is 3.12. The van der Waals surface area contributed by atoms with Gasteiger partial charge in [0, 0.05) is 30.9 Å². The van der Waals surface area contributed by atoms with Gasteiger partial charge in [-0.2, -0.15) is 0 Å². The molecule has 2 nitrogen and oxygen atoms in total. The molecule has 0 aromatic heterocycles. The Morgan fingerprint density at radius 2 is 1.90 bits per heavy atom. The first kappa shape index (κ1) is 13.9. The predicted molar refractivity (Wildman–Crippen MR) is 81.5 cm³/mol. The molecule has 20 heavy (non-hydrogen) atoms. The van der Waals surface area contributed by atoms with Gasteiger partial charge in [0.1, 0.15) is 5.82 Å². The van der Waals surface area contributed by atoms with Crippen LogP contribution in [0.25, 0.3) is 0 Å². The Kier molecular flexibility index (Phi) is 4.25. The second kappa shape index (κ2) is 6.13. The molecule has 2 saturated carbocycles. The minimum absolute atomic E-state index is 0.105. The van der Waals surface area contributed by atoms with Crippen LogP contribution in [0.1, 0.15) is 51.0 Å². The highest BCUT2D eigenvalue weighted by molar-refractivity contribution is 5.50. The normalized spacial score (nSPS) is 19.5. The maximum Gasteiger partial charge on any atom is 0.125 e. The smallest absolute Gasteiger partial charge is 0.125 e. The average molecular weight is 276 g/mol. The van der Waals surface area contributed by atoms with Crippen molar-refractivity contribution in [2.45, 2.75) is 64.1 Å². The first-order chi connectivity index (χ1) is 9.76. The molecule has 0 amide bonds. The Morgan fingerprint density at radius 3 is 2.55 bits per heavy atom. The van der Waals surface area contributed by atoms with Gasteiger partial charge in [-0.1, -0.05) is 12.8 Å². The molecule has 2 fully saturated rings. The fourth-order valence-corrected chi connectivity index (χ4v) is 3.32. The highest BCUT2D eigenvalue weighted by Crippen LogP contribution is 2.29. The third-order valence-corrected chi connectivity index (χ3v) is 4.55. The number of benzene rings is 1. The van der Waals surface area contributed by atoms with E-state index in [2.05, 4.69) is 23.2 Å². The van der Waals surface area contributed by atoms with Gasteiger partial charge in [-0.05, 0) is 56.4 Å². The van der Waals surface area contributed by atoms with Gasteiger partial charge in [-0.3, -0.25) is 0 Å². The Morgan fingerprint density at radius 1 is 1.15 bits per heavy atom. The predicted octanol–water partition coefficient (Wildman–Crippen LogP) is 3.85. The summed E-state index contributed by atoms with van der Waals surface area (Å²) in [5, 5.41) is 3.47. The Bertz CT molecular complexity index is 450. The van der Waals surface area contributed by atoms with Crippen molar-refractivity contribution < 1.29 is 4.39 Å². The van der Waals surface area contributed by atoms with E-state index in [0.29, 0.717) is 12.1 Å². The lowest BCUT2D eigenvalue weighted by atomic mass is 10.1. The Hall–Kier alpha value is -1.09. The third kappa shape index (κ3) is 3.32. The number of rotatable bonds is 6. The number of nitrogens with zero attached hydrogens (tertiary/aromatic N) is 1. The number of hydrogen-bond donors (Lipinski definition) is 1. The highest BCUT2D eigenvalue weighted by Gasteiger charge is 2.23. The second-order valence-corrected chi connectivity index (χ2v) is 6.20. The Labute approximate surface area is 121 Å². The van der Waals surface area contributed by atoms with Crippen molar-refractivity contribution in [2.24, 2.45) is 0 Å². The summed E-state index contributed by atoms with van der Waals surface area (Å²) in [7, 11) is 0. The van der Waals surface area contributed by atoms with Gasteiger partial charge < -0.3 is 10.2 Å². The van der Waals surface area contributed by atoms with E-state index in [1.165, 1.54) is 38.5 Å². The van der Waals surface area contributed by atoms with E-state index < -0.39 is 0 Å². The van der Waals surface area contributed by atoms with Gasteiger partial charge >= 0.3 is 0 Å². The molecular formula is C17H25FN2. The van der Waals surface area contributed by atoms with Gasteiger partial charge in [0.2, 0.25) is 0 Å². The van der Waals surface area contributed by atoms with Crippen LogP contribution in [-0.2, 0) is 6.54 Å². The van der Waals surface area contributed by atoms with Crippen LogP contribution in [0.3, 0.4) is 0 Å². The van der Waals surface area contributed by atoms with E-state index in [1.807, 2.05) is 0 Å². The quantitative estimate of drug-likeness (QED) is 0.849. The van der Waals surface area contributed by atoms with Crippen molar-refractivity contribution in [3.63, 3.8) is 0 Å². The van der Waals surface area contributed by atoms with E-state index >= 15 is 0 Å². The molecule has 3 rings (SSSR count). The molecule has 1 N–H and O–H groups in total. The molecule has 0 aliphatic heterocycles. The van der Waals surface area contributed by atoms with E-state index in [9.17, 15) is 4.39 Å². The summed E-state index contributed by atoms with van der Waals surface area (Å²) < 4.78 is 13.9. The van der Waals surface area contributed by atoms with Gasteiger partial charge in [0.15, 0.2) is 0 Å². The lowest BCUT2D eigenvalue weighted by Gasteiger charge is -2.30. The summed E-state index contributed by atoms with van der Waals surface area (Å²) in [6.45, 7) is 3.92. The zero-order valence-corrected chi connectivity index (χ0v) is 12.4. The van der Waals surface area contributed by atoms with Crippen LogP contribution in [0.5, 0.6) is 0 Å². The summed E-state index contributed by atoms with van der Waals surface area (Å²) in [5.41, 5.74) is 2.13. The van der Waals surface area contributed by atoms with Gasteiger partial charge in [0.25, 0.3) is 0 Å². The van der Waals surface area contributed by atoms with Crippen LogP contribution in [-0.4, -0.2) is 18.6 Å². The van der Waals surface area contributed by atoms with Gasteiger partial charge in [-0.15, -0.1) is 0 Å². The van der Waals surface area contributed by atoms with Crippen molar-refractivity contribution in [3.05, 3.63) is 29.6 Å². The molecule has 0 heterocycles. The summed E-state index contributed by atoms with van der Waals surface area (Å²) >= 11 is 0. The maximum absolute atomic E-state index is 13.9. The summed E-state index contributed by atoms with van der Waals surface area (Å²) in [4.78, 5) is 2.39. The number of hydrogen-bond acceptors (Lipinski definition) is 2. The SMILES string of the molecule is CCN(c1cc(F)cc(CNC2CC2)c1)C1CCCC1. The van der Waals surface area contributed by atoms with Gasteiger partial charge in [-0.25, -0.2) is 4.39 Å². The van der Waals surface area contributed by atoms with Crippen LogP contribution in [0.15, 0.2) is 18.2 Å². The lowest BCUT2D eigenvalue weighted by molar-refractivity contribution is 0.601. The standard InChI is InChI=1S/C17H25FN2/c1-2-20(16-5-3-4-6-16)17-10-13(9-14(18)11-17)12-19-15-7-8-15/h9-11,15-16,19H,2-8,12H2,1H3. The highest BCUT2D eigenvalue weighted by atomic mass is 19.1. The van der Waals surface area contributed by atoms with Crippen molar-refractivity contribution in [1.29, 1.82) is 0 Å². The van der Waals surface area contributed by atoms with Gasteiger partial charge in [0.05, 0.1) is 0 Å². The molecule has 0 spiro atoms. The molecule has 0 unspecified atom stereocenters. The monoisotopic (exact) mass is 276 g/mol. The van der Waals surface area contributed by atoms with Crippen molar-refractivity contribution in [1.82, 2.24) is 5.32 Å². The van der Waals surface area contributed by atoms with E-state index in [-0.39, 0.29) is 5.82 Å². The van der Waals surface area contributed by atoms with Crippen molar-refractivity contribution in [2.75, 3.05) is 11.4 Å². The molecule has 2 aliphatic rings. The lowest BCUT2D eigenvalue weighted by Crippen LogP contribution is -2.33. The number of nitrogens with one attached hydrogen (secondary N) is 1. The molecule has 0 saturated heterocycles. The molecule has 1 aromatic rings. The summed E-state index contributed by atoms with van der Waals surface area (Å²) in [5.74, 6) is -0.105. The molecule has 0 atom stereocenters.